The zero-order chi connectivity index (χ0) is 15.1. The van der Waals surface area contributed by atoms with Gasteiger partial charge in [0.05, 0.1) is 6.04 Å². The smallest absolute Gasteiger partial charge is 0.236 e. The van der Waals surface area contributed by atoms with Crippen molar-refractivity contribution in [2.45, 2.75) is 26.4 Å². The van der Waals surface area contributed by atoms with Gasteiger partial charge in [-0.15, -0.1) is 0 Å². The maximum Gasteiger partial charge on any atom is 0.236 e. The van der Waals surface area contributed by atoms with E-state index >= 15 is 0 Å². The van der Waals surface area contributed by atoms with E-state index in [1.54, 1.807) is 25.1 Å². The Morgan fingerprint density at radius 2 is 2.25 bits per heavy atom. The molecule has 1 aromatic rings. The summed E-state index contributed by atoms with van der Waals surface area (Å²) in [7, 11) is 0. The first-order valence-corrected chi connectivity index (χ1v) is 6.64. The Morgan fingerprint density at radius 1 is 1.55 bits per heavy atom. The summed E-state index contributed by atoms with van der Waals surface area (Å²) < 4.78 is 0. The molecule has 0 saturated heterocycles. The van der Waals surface area contributed by atoms with Crippen LogP contribution in [0, 0.1) is 0 Å². The van der Waals surface area contributed by atoms with Crippen LogP contribution in [0.4, 0.5) is 0 Å². The molecule has 1 rings (SSSR count). The van der Waals surface area contributed by atoms with Gasteiger partial charge in [-0.2, -0.15) is 0 Å². The molecule has 0 aliphatic rings. The van der Waals surface area contributed by atoms with Crippen LogP contribution in [0.25, 0.3) is 0 Å². The lowest BCUT2D eigenvalue weighted by Gasteiger charge is -2.14. The fourth-order valence-electron chi connectivity index (χ4n) is 1.59. The lowest BCUT2D eigenvalue weighted by Crippen LogP contribution is -2.41. The topological polar surface area (TPSA) is 99.7 Å². The average Bonchev–Trinajstić information content (AvgIpc) is 2.44. The standard InChI is InChI=1S/C13H19ClN4O2/c1-3-16-13(19)8(2)17-7-10-5-4-9(6-11(10)14)12(15)18-20/h4-6,8,17,20H,3,7H2,1-2H3,(H2,15,18)(H,16,19). The normalized spacial score (nSPS) is 13.1. The molecule has 0 aromatic heterocycles. The second-order valence-corrected chi connectivity index (χ2v) is 4.70. The molecule has 110 valence electrons. The Bertz CT molecular complexity index is 505. The number of nitrogens with two attached hydrogens (primary N) is 1. The number of benzene rings is 1. The molecule has 0 radical (unpaired) electrons. The Morgan fingerprint density at radius 3 is 2.80 bits per heavy atom. The summed E-state index contributed by atoms with van der Waals surface area (Å²) in [5, 5.41) is 17.8. The van der Waals surface area contributed by atoms with Crippen LogP contribution in [0.2, 0.25) is 5.02 Å². The summed E-state index contributed by atoms with van der Waals surface area (Å²) in [5.74, 6) is -0.0565. The second kappa shape index (κ2) is 7.72. The molecule has 0 aliphatic heterocycles. The van der Waals surface area contributed by atoms with E-state index in [9.17, 15) is 4.79 Å². The van der Waals surface area contributed by atoms with E-state index in [0.29, 0.717) is 23.7 Å². The number of hydrogen-bond donors (Lipinski definition) is 4. The van der Waals surface area contributed by atoms with Crippen molar-refractivity contribution in [2.24, 2.45) is 10.9 Å². The Kier molecular flexibility index (Phi) is 6.27. The molecular formula is C13H19ClN4O2. The minimum absolute atomic E-state index is 0.00195. The third-order valence-corrected chi connectivity index (χ3v) is 3.15. The quantitative estimate of drug-likeness (QED) is 0.273. The van der Waals surface area contributed by atoms with E-state index in [2.05, 4.69) is 15.8 Å². The number of carbonyl (C=O) groups excluding carboxylic acids is 1. The highest BCUT2D eigenvalue weighted by molar-refractivity contribution is 6.31. The number of hydrogen-bond acceptors (Lipinski definition) is 4. The molecule has 0 aliphatic carbocycles. The van der Waals surface area contributed by atoms with Crippen LogP contribution >= 0.6 is 11.6 Å². The first kappa shape index (κ1) is 16.3. The third kappa shape index (κ3) is 4.40. The summed E-state index contributed by atoms with van der Waals surface area (Å²) in [6, 6.07) is 4.78. The minimum atomic E-state index is -0.310. The van der Waals surface area contributed by atoms with Crippen molar-refractivity contribution < 1.29 is 10.0 Å². The van der Waals surface area contributed by atoms with Gasteiger partial charge in [-0.1, -0.05) is 28.9 Å². The lowest BCUT2D eigenvalue weighted by atomic mass is 10.1. The molecule has 1 atom stereocenters. The summed E-state index contributed by atoms with van der Waals surface area (Å²) >= 11 is 6.12. The number of halogens is 1. The second-order valence-electron chi connectivity index (χ2n) is 4.29. The van der Waals surface area contributed by atoms with Crippen molar-refractivity contribution >= 4 is 23.3 Å². The highest BCUT2D eigenvalue weighted by atomic mass is 35.5. The zero-order valence-electron chi connectivity index (χ0n) is 11.5. The van der Waals surface area contributed by atoms with Crippen LogP contribution in [0.1, 0.15) is 25.0 Å². The molecule has 0 spiro atoms. The van der Waals surface area contributed by atoms with Gasteiger partial charge < -0.3 is 21.6 Å². The van der Waals surface area contributed by atoms with Crippen LogP contribution in [0.5, 0.6) is 0 Å². The van der Waals surface area contributed by atoms with Crippen molar-refractivity contribution in [1.82, 2.24) is 10.6 Å². The molecule has 0 bridgehead atoms. The first-order valence-electron chi connectivity index (χ1n) is 6.27. The molecule has 0 saturated carbocycles. The van der Waals surface area contributed by atoms with Crippen molar-refractivity contribution in [3.05, 3.63) is 34.3 Å². The minimum Gasteiger partial charge on any atom is -0.409 e. The van der Waals surface area contributed by atoms with Gasteiger partial charge in [0.15, 0.2) is 5.84 Å². The number of carbonyl (C=O) groups is 1. The first-order chi connectivity index (χ1) is 9.49. The SMILES string of the molecule is CCNC(=O)C(C)NCc1ccc(/C(N)=N/O)cc1Cl. The average molecular weight is 299 g/mol. The highest BCUT2D eigenvalue weighted by Gasteiger charge is 2.12. The Hall–Kier alpha value is -1.79. The van der Waals surface area contributed by atoms with E-state index in [-0.39, 0.29) is 17.8 Å². The van der Waals surface area contributed by atoms with Gasteiger partial charge in [-0.05, 0) is 25.5 Å². The van der Waals surface area contributed by atoms with Crippen LogP contribution in [0.3, 0.4) is 0 Å². The molecule has 1 amide bonds. The number of likely N-dealkylation sites (N-methyl/N-ethyl adjacent to an activating group) is 1. The van der Waals surface area contributed by atoms with Crippen molar-refractivity contribution in [3.8, 4) is 0 Å². The molecule has 1 aromatic carbocycles. The van der Waals surface area contributed by atoms with E-state index in [0.717, 1.165) is 5.56 Å². The van der Waals surface area contributed by atoms with Gasteiger partial charge in [0.1, 0.15) is 0 Å². The summed E-state index contributed by atoms with van der Waals surface area (Å²) in [4.78, 5) is 11.6. The highest BCUT2D eigenvalue weighted by Crippen LogP contribution is 2.18. The predicted molar refractivity (Wildman–Crippen MR) is 78.9 cm³/mol. The van der Waals surface area contributed by atoms with E-state index in [4.69, 9.17) is 22.5 Å². The number of nitrogens with zero attached hydrogens (tertiary/aromatic N) is 1. The van der Waals surface area contributed by atoms with Crippen LogP contribution < -0.4 is 16.4 Å². The number of rotatable bonds is 6. The molecule has 6 nitrogen and oxygen atoms in total. The van der Waals surface area contributed by atoms with Crippen LogP contribution in [0.15, 0.2) is 23.4 Å². The number of oxime groups is 1. The van der Waals surface area contributed by atoms with Gasteiger partial charge in [-0.3, -0.25) is 4.79 Å². The maximum absolute atomic E-state index is 11.6. The van der Waals surface area contributed by atoms with Crippen LogP contribution in [-0.2, 0) is 11.3 Å². The Labute approximate surface area is 123 Å². The summed E-state index contributed by atoms with van der Waals surface area (Å²) in [5.41, 5.74) is 6.85. The predicted octanol–water partition coefficient (Wildman–Crippen LogP) is 1.05. The summed E-state index contributed by atoms with van der Waals surface area (Å²) in [6.45, 7) is 4.70. The van der Waals surface area contributed by atoms with Crippen LogP contribution in [-0.4, -0.2) is 29.5 Å². The van der Waals surface area contributed by atoms with Crippen molar-refractivity contribution in [2.75, 3.05) is 6.54 Å². The van der Waals surface area contributed by atoms with E-state index in [1.165, 1.54) is 0 Å². The molecule has 1 unspecified atom stereocenters. The molecule has 7 heteroatoms. The molecule has 5 N–H and O–H groups in total. The van der Waals surface area contributed by atoms with Gasteiger partial charge in [0, 0.05) is 23.7 Å². The van der Waals surface area contributed by atoms with Gasteiger partial charge >= 0.3 is 0 Å². The Balaban J connectivity index is 2.68. The lowest BCUT2D eigenvalue weighted by molar-refractivity contribution is -0.122. The zero-order valence-corrected chi connectivity index (χ0v) is 12.2. The fraction of sp³-hybridized carbons (Fsp3) is 0.385. The van der Waals surface area contributed by atoms with E-state index < -0.39 is 0 Å². The van der Waals surface area contributed by atoms with Gasteiger partial charge in [-0.25, -0.2) is 0 Å². The molecule has 0 heterocycles. The summed E-state index contributed by atoms with van der Waals surface area (Å²) in [6.07, 6.45) is 0. The van der Waals surface area contributed by atoms with Crippen molar-refractivity contribution in [1.29, 1.82) is 0 Å². The third-order valence-electron chi connectivity index (χ3n) is 2.80. The molecular weight excluding hydrogens is 280 g/mol. The maximum atomic E-state index is 11.6. The monoisotopic (exact) mass is 298 g/mol. The van der Waals surface area contributed by atoms with Crippen molar-refractivity contribution in [3.63, 3.8) is 0 Å². The van der Waals surface area contributed by atoms with Gasteiger partial charge in [0.2, 0.25) is 5.91 Å². The number of amides is 1. The largest absolute Gasteiger partial charge is 0.409 e. The molecule has 20 heavy (non-hydrogen) atoms. The molecule has 0 fully saturated rings. The number of amidine groups is 1. The van der Waals surface area contributed by atoms with E-state index in [1.807, 2.05) is 6.92 Å². The van der Waals surface area contributed by atoms with Gasteiger partial charge in [0.25, 0.3) is 0 Å². The number of nitrogens with one attached hydrogen (secondary N) is 2. The fourth-order valence-corrected chi connectivity index (χ4v) is 1.84.